The number of pyridine rings is 3. The molecule has 0 amide bonds. The molecule has 5 aromatic carbocycles. The maximum absolute atomic E-state index is 6.55. The molecule has 0 bridgehead atoms. The molecule has 10 aromatic rings. The van der Waals surface area contributed by atoms with E-state index >= 15 is 0 Å². The molecule has 0 N–H and O–H groups in total. The Labute approximate surface area is 314 Å². The largest absolute Gasteiger partial charge is 2.00 e. The Balaban J connectivity index is 0.00000360. The van der Waals surface area contributed by atoms with Gasteiger partial charge in [0, 0.05) is 54.2 Å². The van der Waals surface area contributed by atoms with E-state index in [1.54, 1.807) is 6.20 Å². The second-order valence-electron chi connectivity index (χ2n) is 13.4. The number of ether oxygens (including phenoxy) is 1. The SMILES string of the molecule is Cc1cccc(C)c1-c1ccc2c(c1-c1c(C)cccc1C)c1ccc(Oc3[c-]c4c(cc3)c3ccncc3n3ccnc43)[c-]c1c1nccn21.[Pt+2]. The minimum Gasteiger partial charge on any atom is -0.497 e. The van der Waals surface area contributed by atoms with Crippen molar-refractivity contribution in [1.82, 2.24) is 23.8 Å². The minimum absolute atomic E-state index is 0. The van der Waals surface area contributed by atoms with Crippen molar-refractivity contribution in [3.63, 3.8) is 0 Å². The minimum atomic E-state index is 0. The first-order valence-electron chi connectivity index (χ1n) is 17.1. The first-order valence-corrected chi connectivity index (χ1v) is 17.1. The van der Waals surface area contributed by atoms with Crippen LogP contribution >= 0.6 is 0 Å². The zero-order valence-corrected chi connectivity index (χ0v) is 31.2. The van der Waals surface area contributed by atoms with Crippen LogP contribution in [0.5, 0.6) is 11.5 Å². The predicted molar refractivity (Wildman–Crippen MR) is 206 cm³/mol. The van der Waals surface area contributed by atoms with E-state index in [4.69, 9.17) is 9.72 Å². The van der Waals surface area contributed by atoms with Crippen LogP contribution in [0.3, 0.4) is 0 Å². The first-order chi connectivity index (χ1) is 25.0. The maximum Gasteiger partial charge on any atom is 2.00 e. The Kier molecular flexibility index (Phi) is 7.49. The Morgan fingerprint density at radius 3 is 1.77 bits per heavy atom. The molecule has 5 heterocycles. The fourth-order valence-corrected chi connectivity index (χ4v) is 8.12. The van der Waals surface area contributed by atoms with Crippen molar-refractivity contribution in [3.8, 4) is 33.8 Å². The summed E-state index contributed by atoms with van der Waals surface area (Å²) in [5.74, 6) is 1.18. The second-order valence-corrected chi connectivity index (χ2v) is 13.4. The van der Waals surface area contributed by atoms with Crippen molar-refractivity contribution < 1.29 is 25.8 Å². The Morgan fingerprint density at radius 2 is 1.12 bits per heavy atom. The van der Waals surface area contributed by atoms with Gasteiger partial charge in [0.25, 0.3) is 0 Å². The summed E-state index contributed by atoms with van der Waals surface area (Å²) < 4.78 is 10.8. The van der Waals surface area contributed by atoms with Crippen LogP contribution in [-0.2, 0) is 21.1 Å². The zero-order valence-electron chi connectivity index (χ0n) is 28.9. The van der Waals surface area contributed by atoms with E-state index in [1.165, 1.54) is 44.5 Å². The summed E-state index contributed by atoms with van der Waals surface area (Å²) in [4.78, 5) is 13.8. The summed E-state index contributed by atoms with van der Waals surface area (Å²) in [6.07, 6.45) is 11.3. The summed E-state index contributed by atoms with van der Waals surface area (Å²) in [6, 6.07) is 35.0. The topological polar surface area (TPSA) is 56.7 Å². The molecule has 0 fully saturated rings. The van der Waals surface area contributed by atoms with Gasteiger partial charge in [0.15, 0.2) is 0 Å². The van der Waals surface area contributed by atoms with Gasteiger partial charge >= 0.3 is 21.1 Å². The number of hydrogen-bond acceptors (Lipinski definition) is 4. The van der Waals surface area contributed by atoms with Crippen molar-refractivity contribution >= 4 is 54.6 Å². The molecule has 6 nitrogen and oxygen atoms in total. The molecule has 52 heavy (non-hydrogen) atoms. The van der Waals surface area contributed by atoms with Gasteiger partial charge in [-0.25, -0.2) is 0 Å². The number of aryl methyl sites for hydroxylation is 4. The molecule has 0 saturated carbocycles. The normalized spacial score (nSPS) is 11.7. The van der Waals surface area contributed by atoms with Crippen LogP contribution in [0.1, 0.15) is 22.3 Å². The third-order valence-corrected chi connectivity index (χ3v) is 10.3. The van der Waals surface area contributed by atoms with Gasteiger partial charge < -0.3 is 13.5 Å². The predicted octanol–water partition coefficient (Wildman–Crippen LogP) is 10.9. The molecule has 0 aliphatic heterocycles. The van der Waals surface area contributed by atoms with E-state index in [0.29, 0.717) is 11.5 Å². The summed E-state index contributed by atoms with van der Waals surface area (Å²) in [6.45, 7) is 8.83. The van der Waals surface area contributed by atoms with E-state index < -0.39 is 0 Å². The van der Waals surface area contributed by atoms with Crippen LogP contribution in [0.4, 0.5) is 0 Å². The molecule has 0 spiro atoms. The molecule has 0 saturated heterocycles. The molecule has 5 aromatic heterocycles. The molecule has 10 rings (SSSR count). The number of nitrogens with zero attached hydrogens (tertiary/aromatic N) is 5. The van der Waals surface area contributed by atoms with Gasteiger partial charge in [0.2, 0.25) is 0 Å². The molecule has 252 valence electrons. The number of fused-ring (bicyclic) bond motifs is 12. The van der Waals surface area contributed by atoms with Gasteiger partial charge in [-0.15, -0.1) is 12.1 Å². The summed E-state index contributed by atoms with van der Waals surface area (Å²) in [5.41, 5.74) is 13.7. The molecule has 7 heteroatoms. The Hall–Kier alpha value is -5.84. The van der Waals surface area contributed by atoms with E-state index in [0.717, 1.165) is 54.6 Å². The maximum atomic E-state index is 6.55. The second kappa shape index (κ2) is 12.1. The van der Waals surface area contributed by atoms with Crippen LogP contribution in [-0.4, -0.2) is 23.8 Å². The van der Waals surface area contributed by atoms with Crippen LogP contribution in [0.15, 0.2) is 116 Å². The van der Waals surface area contributed by atoms with Gasteiger partial charge in [-0.2, -0.15) is 0 Å². The van der Waals surface area contributed by atoms with Gasteiger partial charge in [0.1, 0.15) is 0 Å². The average Bonchev–Trinajstić information content (AvgIpc) is 3.84. The van der Waals surface area contributed by atoms with Crippen LogP contribution in [0, 0.1) is 39.8 Å². The van der Waals surface area contributed by atoms with Crippen molar-refractivity contribution in [1.29, 1.82) is 0 Å². The van der Waals surface area contributed by atoms with Gasteiger partial charge in [0.05, 0.1) is 16.8 Å². The summed E-state index contributed by atoms with van der Waals surface area (Å²) in [7, 11) is 0. The average molecular weight is 853 g/mol. The number of rotatable bonds is 4. The van der Waals surface area contributed by atoms with Gasteiger partial charge in [-0.1, -0.05) is 88.3 Å². The zero-order chi connectivity index (χ0) is 34.4. The van der Waals surface area contributed by atoms with Crippen molar-refractivity contribution in [2.45, 2.75) is 27.7 Å². The van der Waals surface area contributed by atoms with Crippen molar-refractivity contribution in [2.75, 3.05) is 0 Å². The Morgan fingerprint density at radius 1 is 0.538 bits per heavy atom. The van der Waals surface area contributed by atoms with Crippen molar-refractivity contribution in [2.24, 2.45) is 0 Å². The third-order valence-electron chi connectivity index (χ3n) is 10.3. The number of hydrogen-bond donors (Lipinski definition) is 0. The van der Waals surface area contributed by atoms with Crippen LogP contribution in [0.2, 0.25) is 0 Å². The van der Waals surface area contributed by atoms with Crippen molar-refractivity contribution in [3.05, 3.63) is 150 Å². The fourth-order valence-electron chi connectivity index (χ4n) is 8.12. The van der Waals surface area contributed by atoms with Crippen LogP contribution in [0.25, 0.3) is 76.9 Å². The number of aromatic nitrogens is 5. The summed E-state index contributed by atoms with van der Waals surface area (Å²) in [5, 5.41) is 6.14. The number of imidazole rings is 2. The molecular formula is C45H31N5OPt. The summed E-state index contributed by atoms with van der Waals surface area (Å²) >= 11 is 0. The molecule has 0 aliphatic carbocycles. The van der Waals surface area contributed by atoms with Gasteiger partial charge in [-0.3, -0.25) is 15.0 Å². The van der Waals surface area contributed by atoms with E-state index in [1.807, 2.05) is 53.6 Å². The molecule has 0 aliphatic rings. The molecule has 0 unspecified atom stereocenters. The quantitative estimate of drug-likeness (QED) is 0.131. The van der Waals surface area contributed by atoms with E-state index in [2.05, 4.69) is 115 Å². The van der Waals surface area contributed by atoms with Gasteiger partial charge in [-0.05, 0) is 95.1 Å². The van der Waals surface area contributed by atoms with E-state index in [9.17, 15) is 0 Å². The van der Waals surface area contributed by atoms with Crippen LogP contribution < -0.4 is 4.74 Å². The smallest absolute Gasteiger partial charge is 0.497 e. The molecular weight excluding hydrogens is 822 g/mol. The standard InChI is InChI=1S/C45H31N5O.Pt/c1-26-7-5-8-27(2)40(26)35-15-16-38-42(43(35)41-28(3)9-6-10-29(41)4)34-14-12-31(24-37(34)45-48-19-21-49(38)45)51-30-11-13-32-33-17-18-46-25-39(33)50-22-20-47-44(50)36(32)23-30;/h5-22,25H,1-4H3;/q-2;+2. The Bertz CT molecular complexity index is 3030. The third kappa shape index (κ3) is 4.71. The number of benzene rings is 5. The molecule has 0 radical (unpaired) electrons. The molecule has 0 atom stereocenters. The monoisotopic (exact) mass is 852 g/mol. The fraction of sp³-hybridized carbons (Fsp3) is 0.0889. The van der Waals surface area contributed by atoms with E-state index in [-0.39, 0.29) is 21.1 Å². The first kappa shape index (κ1) is 32.1.